The molecule has 0 bridgehead atoms. The molecule has 9 nitrogen and oxygen atoms in total. The zero-order valence-electron chi connectivity index (χ0n) is 13.8. The van der Waals surface area contributed by atoms with E-state index >= 15 is 0 Å². The van der Waals surface area contributed by atoms with Gasteiger partial charge < -0.3 is 4.57 Å². The first kappa shape index (κ1) is 16.6. The lowest BCUT2D eigenvalue weighted by Gasteiger charge is -2.17. The lowest BCUT2D eigenvalue weighted by molar-refractivity contribution is -0.118. The Labute approximate surface area is 140 Å². The number of aryl methyl sites for hydroxylation is 1. The molecular formula is C15H15FN6O3. The molecule has 0 radical (unpaired) electrons. The molecule has 0 aliphatic rings. The van der Waals surface area contributed by atoms with Crippen LogP contribution in [0.25, 0.3) is 11.2 Å². The fourth-order valence-corrected chi connectivity index (χ4v) is 2.51. The SMILES string of the molecule is CN(C(=O)Cn1cnc2c1c(=O)n(C)c(=O)n2C)c1ncccc1F. The van der Waals surface area contributed by atoms with Gasteiger partial charge in [0.05, 0.1) is 6.33 Å². The van der Waals surface area contributed by atoms with Crippen molar-refractivity contribution in [3.63, 3.8) is 0 Å². The maximum absolute atomic E-state index is 13.8. The second-order valence-electron chi connectivity index (χ2n) is 5.51. The molecule has 0 aliphatic heterocycles. The zero-order valence-corrected chi connectivity index (χ0v) is 13.8. The number of aromatic nitrogens is 5. The van der Waals surface area contributed by atoms with E-state index in [1.165, 1.54) is 54.9 Å². The van der Waals surface area contributed by atoms with Gasteiger partial charge in [0.15, 0.2) is 22.8 Å². The van der Waals surface area contributed by atoms with Crippen molar-refractivity contribution in [3.05, 3.63) is 51.3 Å². The summed E-state index contributed by atoms with van der Waals surface area (Å²) in [5.41, 5.74) is -0.780. The molecule has 3 rings (SSSR count). The summed E-state index contributed by atoms with van der Waals surface area (Å²) in [6.07, 6.45) is 2.67. The molecule has 0 aliphatic carbocycles. The number of nitrogens with zero attached hydrogens (tertiary/aromatic N) is 6. The van der Waals surface area contributed by atoms with Crippen LogP contribution in [0, 0.1) is 5.82 Å². The minimum absolute atomic E-state index is 0.114. The van der Waals surface area contributed by atoms with Crippen LogP contribution < -0.4 is 16.1 Å². The van der Waals surface area contributed by atoms with E-state index < -0.39 is 23.0 Å². The van der Waals surface area contributed by atoms with Gasteiger partial charge in [0.25, 0.3) is 5.56 Å². The lowest BCUT2D eigenvalue weighted by Crippen LogP contribution is -2.38. The van der Waals surface area contributed by atoms with Crippen molar-refractivity contribution < 1.29 is 9.18 Å². The first-order valence-corrected chi connectivity index (χ1v) is 7.31. The van der Waals surface area contributed by atoms with Gasteiger partial charge in [-0.25, -0.2) is 19.2 Å². The van der Waals surface area contributed by atoms with Crippen LogP contribution in [0.4, 0.5) is 10.2 Å². The number of imidazole rings is 1. The van der Waals surface area contributed by atoms with E-state index in [4.69, 9.17) is 0 Å². The summed E-state index contributed by atoms with van der Waals surface area (Å²) in [5, 5.41) is 0. The van der Waals surface area contributed by atoms with Crippen LogP contribution in [-0.4, -0.2) is 36.6 Å². The van der Waals surface area contributed by atoms with E-state index in [9.17, 15) is 18.8 Å². The molecule has 0 N–H and O–H groups in total. The van der Waals surface area contributed by atoms with Gasteiger partial charge in [0.1, 0.15) is 6.54 Å². The number of amides is 1. The van der Waals surface area contributed by atoms with Crippen LogP contribution in [0.2, 0.25) is 0 Å². The Hall–Kier alpha value is -3.30. The molecule has 3 heterocycles. The number of fused-ring (bicyclic) bond motifs is 1. The van der Waals surface area contributed by atoms with Crippen LogP contribution in [0.15, 0.2) is 34.2 Å². The predicted molar refractivity (Wildman–Crippen MR) is 87.8 cm³/mol. The standard InChI is InChI=1S/C15H15FN6O3/c1-19(12-9(16)5-4-6-17-12)10(23)7-22-8-18-13-11(22)14(24)21(3)15(25)20(13)2/h4-6,8H,7H2,1-3H3. The fraction of sp³-hybridized carbons (Fsp3) is 0.267. The summed E-state index contributed by atoms with van der Waals surface area (Å²) in [5.74, 6) is -1.24. The third-order valence-electron chi connectivity index (χ3n) is 3.95. The number of carbonyl (C=O) groups excluding carboxylic acids is 1. The third-order valence-corrected chi connectivity index (χ3v) is 3.95. The molecule has 0 aromatic carbocycles. The minimum atomic E-state index is -0.632. The number of carbonyl (C=O) groups is 1. The van der Waals surface area contributed by atoms with E-state index in [1.54, 1.807) is 0 Å². The molecule has 10 heteroatoms. The lowest BCUT2D eigenvalue weighted by atomic mass is 10.4. The van der Waals surface area contributed by atoms with Crippen molar-refractivity contribution in [2.75, 3.05) is 11.9 Å². The van der Waals surface area contributed by atoms with E-state index in [-0.39, 0.29) is 23.5 Å². The highest BCUT2D eigenvalue weighted by molar-refractivity contribution is 5.92. The number of likely N-dealkylation sites (N-methyl/N-ethyl adjacent to an activating group) is 1. The second kappa shape index (κ2) is 5.96. The third kappa shape index (κ3) is 2.61. The average Bonchev–Trinajstić information content (AvgIpc) is 3.01. The molecule has 3 aromatic heterocycles. The molecule has 25 heavy (non-hydrogen) atoms. The van der Waals surface area contributed by atoms with Crippen molar-refractivity contribution >= 4 is 22.9 Å². The van der Waals surface area contributed by atoms with E-state index in [2.05, 4.69) is 9.97 Å². The van der Waals surface area contributed by atoms with Gasteiger partial charge in [-0.05, 0) is 12.1 Å². The van der Waals surface area contributed by atoms with Gasteiger partial charge in [-0.15, -0.1) is 0 Å². The Kier molecular flexibility index (Phi) is 3.95. The second-order valence-corrected chi connectivity index (χ2v) is 5.51. The Balaban J connectivity index is 2.02. The van der Waals surface area contributed by atoms with E-state index in [0.29, 0.717) is 0 Å². The smallest absolute Gasteiger partial charge is 0.315 e. The van der Waals surface area contributed by atoms with Crippen LogP contribution in [0.1, 0.15) is 0 Å². The minimum Gasteiger partial charge on any atom is -0.315 e. The Morgan fingerprint density at radius 2 is 1.96 bits per heavy atom. The van der Waals surface area contributed by atoms with Gasteiger partial charge in [-0.3, -0.25) is 23.6 Å². The van der Waals surface area contributed by atoms with Crippen molar-refractivity contribution in [1.29, 1.82) is 0 Å². The summed E-state index contributed by atoms with van der Waals surface area (Å²) in [6, 6.07) is 2.62. The van der Waals surface area contributed by atoms with Crippen molar-refractivity contribution in [2.45, 2.75) is 6.54 Å². The van der Waals surface area contributed by atoms with E-state index in [0.717, 1.165) is 9.47 Å². The highest BCUT2D eigenvalue weighted by Crippen LogP contribution is 2.14. The van der Waals surface area contributed by atoms with Gasteiger partial charge in [-0.1, -0.05) is 0 Å². The molecule has 1 amide bonds. The number of pyridine rings is 1. The molecule has 0 spiro atoms. The topological polar surface area (TPSA) is 95.0 Å². The molecule has 0 atom stereocenters. The summed E-state index contributed by atoms with van der Waals surface area (Å²) in [7, 11) is 4.22. The van der Waals surface area contributed by atoms with Crippen LogP contribution in [0.3, 0.4) is 0 Å². The first-order valence-electron chi connectivity index (χ1n) is 7.31. The molecule has 0 saturated carbocycles. The van der Waals surface area contributed by atoms with Crippen LogP contribution in [0.5, 0.6) is 0 Å². The number of rotatable bonds is 3. The summed E-state index contributed by atoms with van der Waals surface area (Å²) in [4.78, 5) is 45.7. The number of anilines is 1. The van der Waals surface area contributed by atoms with Gasteiger partial charge in [0, 0.05) is 27.3 Å². The summed E-state index contributed by atoms with van der Waals surface area (Å²) < 4.78 is 17.3. The Morgan fingerprint density at radius 1 is 1.24 bits per heavy atom. The highest BCUT2D eigenvalue weighted by Gasteiger charge is 2.20. The average molecular weight is 346 g/mol. The maximum Gasteiger partial charge on any atom is 0.332 e. The number of hydrogen-bond donors (Lipinski definition) is 0. The van der Waals surface area contributed by atoms with Gasteiger partial charge in [-0.2, -0.15) is 0 Å². The molecular weight excluding hydrogens is 331 g/mol. The highest BCUT2D eigenvalue weighted by atomic mass is 19.1. The largest absolute Gasteiger partial charge is 0.332 e. The number of hydrogen-bond acceptors (Lipinski definition) is 5. The Bertz CT molecular complexity index is 1100. The quantitative estimate of drug-likeness (QED) is 0.645. The van der Waals surface area contributed by atoms with Crippen molar-refractivity contribution in [2.24, 2.45) is 14.1 Å². The van der Waals surface area contributed by atoms with E-state index in [1.807, 2.05) is 0 Å². The first-order chi connectivity index (χ1) is 11.8. The van der Waals surface area contributed by atoms with Crippen LogP contribution in [-0.2, 0) is 25.4 Å². The van der Waals surface area contributed by atoms with Gasteiger partial charge >= 0.3 is 5.69 Å². The normalized spacial score (nSPS) is 11.0. The summed E-state index contributed by atoms with van der Waals surface area (Å²) in [6.45, 7) is -0.254. The molecule has 0 unspecified atom stereocenters. The monoisotopic (exact) mass is 346 g/mol. The fourth-order valence-electron chi connectivity index (χ4n) is 2.51. The molecule has 3 aromatic rings. The summed E-state index contributed by atoms with van der Waals surface area (Å²) >= 11 is 0. The van der Waals surface area contributed by atoms with Crippen molar-refractivity contribution in [3.8, 4) is 0 Å². The van der Waals surface area contributed by atoms with Gasteiger partial charge in [0.2, 0.25) is 5.91 Å². The molecule has 0 saturated heterocycles. The zero-order chi connectivity index (χ0) is 18.3. The van der Waals surface area contributed by atoms with Crippen molar-refractivity contribution in [1.82, 2.24) is 23.7 Å². The predicted octanol–water partition coefficient (Wildman–Crippen LogP) is -0.369. The molecule has 130 valence electrons. The molecule has 0 fully saturated rings. The Morgan fingerprint density at radius 3 is 2.64 bits per heavy atom. The number of halogens is 1. The van der Waals surface area contributed by atoms with Crippen LogP contribution >= 0.6 is 0 Å². The maximum atomic E-state index is 13.8.